The molecule has 11 heteroatoms. The van der Waals surface area contributed by atoms with Crippen molar-refractivity contribution in [2.24, 2.45) is 5.92 Å². The number of likely N-dealkylation sites (tertiary alicyclic amines) is 1. The third-order valence-electron chi connectivity index (χ3n) is 7.68. The van der Waals surface area contributed by atoms with E-state index in [9.17, 15) is 14.7 Å². The Balaban J connectivity index is 1.38. The van der Waals surface area contributed by atoms with E-state index in [-0.39, 0.29) is 24.5 Å². The van der Waals surface area contributed by atoms with Crippen LogP contribution in [0.2, 0.25) is 5.02 Å². The SMILES string of the molecule is CNC(CCC1CC1)(c1ccc(F)c(NC(=O)[C@H]2C[C@@H](O)CN2C(=O)Nc2ccc(Cl)cn2)c1)c1ccccn1. The minimum Gasteiger partial charge on any atom is -0.391 e. The largest absolute Gasteiger partial charge is 0.391 e. The quantitative estimate of drug-likeness (QED) is 0.302. The van der Waals surface area contributed by atoms with Gasteiger partial charge in [0.05, 0.1) is 28.0 Å². The Morgan fingerprint density at radius 3 is 2.65 bits per heavy atom. The summed E-state index contributed by atoms with van der Waals surface area (Å²) in [6, 6.07) is 11.9. The fourth-order valence-corrected chi connectivity index (χ4v) is 5.39. The van der Waals surface area contributed by atoms with Crippen LogP contribution in [0.5, 0.6) is 0 Å². The van der Waals surface area contributed by atoms with Crippen LogP contribution in [0.3, 0.4) is 0 Å². The van der Waals surface area contributed by atoms with E-state index >= 15 is 4.39 Å². The number of nitrogens with zero attached hydrogens (tertiary/aromatic N) is 3. The maximum Gasteiger partial charge on any atom is 0.323 e. The molecule has 1 aliphatic heterocycles. The zero-order chi connectivity index (χ0) is 28.3. The Morgan fingerprint density at radius 1 is 1.15 bits per heavy atom. The van der Waals surface area contributed by atoms with Gasteiger partial charge in [0.15, 0.2) is 0 Å². The van der Waals surface area contributed by atoms with E-state index in [1.165, 1.54) is 36.1 Å². The molecule has 1 saturated carbocycles. The lowest BCUT2D eigenvalue weighted by Gasteiger charge is -2.34. The summed E-state index contributed by atoms with van der Waals surface area (Å²) in [5.41, 5.74) is 0.879. The van der Waals surface area contributed by atoms with Crippen LogP contribution < -0.4 is 16.0 Å². The molecule has 2 aliphatic rings. The molecule has 5 rings (SSSR count). The second kappa shape index (κ2) is 11.9. The van der Waals surface area contributed by atoms with Crippen molar-refractivity contribution < 1.29 is 19.1 Å². The van der Waals surface area contributed by atoms with Crippen LogP contribution >= 0.6 is 11.6 Å². The van der Waals surface area contributed by atoms with Crippen LogP contribution in [0.4, 0.5) is 20.7 Å². The fourth-order valence-electron chi connectivity index (χ4n) is 5.28. The van der Waals surface area contributed by atoms with Gasteiger partial charge in [-0.2, -0.15) is 0 Å². The van der Waals surface area contributed by atoms with Crippen molar-refractivity contribution in [3.63, 3.8) is 0 Å². The molecule has 40 heavy (non-hydrogen) atoms. The molecule has 4 N–H and O–H groups in total. The van der Waals surface area contributed by atoms with Gasteiger partial charge in [0.1, 0.15) is 17.7 Å². The van der Waals surface area contributed by atoms with Crippen molar-refractivity contribution in [1.29, 1.82) is 0 Å². The van der Waals surface area contributed by atoms with E-state index < -0.39 is 35.4 Å². The number of hydrogen-bond donors (Lipinski definition) is 4. The second-order valence-corrected chi connectivity index (χ2v) is 10.8. The van der Waals surface area contributed by atoms with Gasteiger partial charge in [-0.05, 0) is 67.8 Å². The van der Waals surface area contributed by atoms with Crippen LogP contribution in [0.1, 0.15) is 43.4 Å². The lowest BCUT2D eigenvalue weighted by molar-refractivity contribution is -0.119. The average molecular weight is 567 g/mol. The number of aliphatic hydroxyl groups excluding tert-OH is 1. The highest BCUT2D eigenvalue weighted by Crippen LogP contribution is 2.41. The molecule has 2 fully saturated rings. The summed E-state index contributed by atoms with van der Waals surface area (Å²) in [5, 5.41) is 19.4. The number of carbonyl (C=O) groups is 2. The molecule has 9 nitrogen and oxygen atoms in total. The number of hydrogen-bond acceptors (Lipinski definition) is 6. The first-order chi connectivity index (χ1) is 19.3. The molecule has 3 aromatic rings. The zero-order valence-electron chi connectivity index (χ0n) is 22.1. The summed E-state index contributed by atoms with van der Waals surface area (Å²) in [6.07, 6.45) is 6.39. The van der Waals surface area contributed by atoms with Crippen molar-refractivity contribution in [3.05, 3.63) is 83.0 Å². The van der Waals surface area contributed by atoms with Crippen LogP contribution in [0.15, 0.2) is 60.9 Å². The van der Waals surface area contributed by atoms with Gasteiger partial charge in [-0.15, -0.1) is 0 Å². The number of aromatic nitrogens is 2. The lowest BCUT2D eigenvalue weighted by Crippen LogP contribution is -2.45. The first-order valence-corrected chi connectivity index (χ1v) is 13.8. The monoisotopic (exact) mass is 566 g/mol. The summed E-state index contributed by atoms with van der Waals surface area (Å²) in [6.45, 7) is -0.0518. The normalized spacial score (nSPS) is 20.1. The molecule has 1 saturated heterocycles. The summed E-state index contributed by atoms with van der Waals surface area (Å²) < 4.78 is 15.1. The Hall–Kier alpha value is -3.60. The molecule has 1 unspecified atom stereocenters. The number of nitrogens with one attached hydrogen (secondary N) is 3. The van der Waals surface area contributed by atoms with Crippen molar-refractivity contribution >= 4 is 35.0 Å². The van der Waals surface area contributed by atoms with Crippen molar-refractivity contribution in [1.82, 2.24) is 20.2 Å². The molecular weight excluding hydrogens is 535 g/mol. The summed E-state index contributed by atoms with van der Waals surface area (Å²) in [7, 11) is 1.86. The van der Waals surface area contributed by atoms with E-state index in [2.05, 4.69) is 25.9 Å². The van der Waals surface area contributed by atoms with Crippen LogP contribution in [0, 0.1) is 11.7 Å². The molecular formula is C29H32ClFN6O3. The minimum absolute atomic E-state index is 0.00871. The van der Waals surface area contributed by atoms with Gasteiger partial charge < -0.3 is 20.6 Å². The number of carbonyl (C=O) groups excluding carboxylic acids is 2. The van der Waals surface area contributed by atoms with Gasteiger partial charge in [-0.25, -0.2) is 14.2 Å². The predicted octanol–water partition coefficient (Wildman–Crippen LogP) is 4.53. The summed E-state index contributed by atoms with van der Waals surface area (Å²) in [5.74, 6) is -0.286. The maximum absolute atomic E-state index is 15.1. The molecule has 1 aliphatic carbocycles. The Kier molecular flexibility index (Phi) is 8.30. The lowest BCUT2D eigenvalue weighted by atomic mass is 9.81. The number of β-amino-alcohol motifs (C(OH)–C–C–N with tert-alkyl or cyclic N) is 1. The van der Waals surface area contributed by atoms with Crippen LogP contribution in [-0.4, -0.2) is 57.7 Å². The predicted molar refractivity (Wildman–Crippen MR) is 150 cm³/mol. The summed E-state index contributed by atoms with van der Waals surface area (Å²) >= 11 is 5.86. The number of aliphatic hydroxyl groups is 1. The van der Waals surface area contributed by atoms with E-state index in [1.807, 2.05) is 25.2 Å². The number of anilines is 2. The third-order valence-corrected chi connectivity index (χ3v) is 7.90. The molecule has 0 bridgehead atoms. The standard InChI is InChI=1S/C29H32ClFN6O3/c1-32-29(12-11-18-5-6-18,25-4-2-3-13-33-25)19-7-9-22(31)23(14-19)35-27(39)24-15-21(38)17-37(24)28(40)36-26-10-8-20(30)16-34-26/h2-4,7-10,13-14,16,18,21,24,32,38H,5-6,11-12,15,17H2,1H3,(H,35,39)(H,34,36,40)/t21-,24-,29?/m1/s1. The summed E-state index contributed by atoms with van der Waals surface area (Å²) in [4.78, 5) is 36.2. The fraction of sp³-hybridized carbons (Fsp3) is 0.379. The molecule has 3 atom stereocenters. The van der Waals surface area contributed by atoms with Gasteiger partial charge in [-0.1, -0.05) is 36.6 Å². The number of rotatable bonds is 9. The van der Waals surface area contributed by atoms with Crippen molar-refractivity contribution in [2.75, 3.05) is 24.2 Å². The molecule has 0 radical (unpaired) electrons. The smallest absolute Gasteiger partial charge is 0.323 e. The Morgan fingerprint density at radius 2 is 1.98 bits per heavy atom. The minimum atomic E-state index is -1.01. The van der Waals surface area contributed by atoms with Crippen LogP contribution in [-0.2, 0) is 10.3 Å². The molecule has 1 aromatic carbocycles. The van der Waals surface area contributed by atoms with E-state index in [4.69, 9.17) is 11.6 Å². The number of amides is 3. The highest BCUT2D eigenvalue weighted by Gasteiger charge is 2.40. The zero-order valence-corrected chi connectivity index (χ0v) is 22.9. The molecule has 3 heterocycles. The highest BCUT2D eigenvalue weighted by atomic mass is 35.5. The maximum atomic E-state index is 15.1. The molecule has 210 valence electrons. The first-order valence-electron chi connectivity index (χ1n) is 13.4. The highest BCUT2D eigenvalue weighted by molar-refractivity contribution is 6.30. The van der Waals surface area contributed by atoms with Gasteiger partial charge >= 0.3 is 6.03 Å². The average Bonchev–Trinajstić information content (AvgIpc) is 3.71. The molecule has 0 spiro atoms. The second-order valence-electron chi connectivity index (χ2n) is 10.4. The van der Waals surface area contributed by atoms with Gasteiger partial charge in [0.2, 0.25) is 5.91 Å². The van der Waals surface area contributed by atoms with Crippen LogP contribution in [0.25, 0.3) is 0 Å². The third kappa shape index (κ3) is 6.09. The van der Waals surface area contributed by atoms with Crippen molar-refractivity contribution in [2.45, 2.75) is 49.8 Å². The number of urea groups is 1. The molecule has 3 amide bonds. The van der Waals surface area contributed by atoms with Gasteiger partial charge in [0, 0.05) is 25.4 Å². The van der Waals surface area contributed by atoms with E-state index in [1.54, 1.807) is 24.4 Å². The van der Waals surface area contributed by atoms with Gasteiger partial charge in [-0.3, -0.25) is 15.1 Å². The number of halogens is 2. The van der Waals surface area contributed by atoms with E-state index in [0.717, 1.165) is 24.1 Å². The molecule has 2 aromatic heterocycles. The first kappa shape index (κ1) is 27.9. The topological polar surface area (TPSA) is 119 Å². The van der Waals surface area contributed by atoms with E-state index in [0.29, 0.717) is 10.9 Å². The van der Waals surface area contributed by atoms with Gasteiger partial charge in [0.25, 0.3) is 0 Å². The number of benzene rings is 1. The Labute approximate surface area is 237 Å². The Bertz CT molecular complexity index is 1360. The number of pyridine rings is 2. The van der Waals surface area contributed by atoms with Crippen molar-refractivity contribution in [3.8, 4) is 0 Å².